The van der Waals surface area contributed by atoms with Crippen LogP contribution in [-0.4, -0.2) is 58.4 Å². The van der Waals surface area contributed by atoms with E-state index in [9.17, 15) is 4.79 Å². The average molecular weight is 488 g/mol. The smallest absolute Gasteiger partial charge is 0.244 e. The summed E-state index contributed by atoms with van der Waals surface area (Å²) in [4.78, 5) is 21.6. The minimum atomic E-state index is 0.0237. The monoisotopic (exact) mass is 487 g/mol. The topological polar surface area (TPSA) is 63.5 Å². The van der Waals surface area contributed by atoms with Crippen molar-refractivity contribution in [1.82, 2.24) is 19.7 Å². The second kappa shape index (κ2) is 9.61. The van der Waals surface area contributed by atoms with Crippen LogP contribution in [0.25, 0.3) is 11.3 Å². The molecule has 0 saturated carbocycles. The average Bonchev–Trinajstić information content (AvgIpc) is 3.07. The summed E-state index contributed by atoms with van der Waals surface area (Å²) in [5.41, 5.74) is 4.25. The standard InChI is InChI=1S/C24H27Cl2N5O2/c1-15-11-18(7-8-27-15)24-23(26)17(3)31(28-24)14-22(32)30-10-9-29(13-16(30)2)19-5-6-20(25)21(12-19)33-4/h5-8,11-12,16H,9-10,13-14H2,1-4H3/t16-/m0/s1. The number of aryl methyl sites for hydroxylation is 1. The van der Waals surface area contributed by atoms with Crippen molar-refractivity contribution in [3.8, 4) is 17.0 Å². The molecule has 174 valence electrons. The predicted molar refractivity (Wildman–Crippen MR) is 131 cm³/mol. The fourth-order valence-corrected chi connectivity index (χ4v) is 4.62. The Bertz CT molecular complexity index is 1180. The molecule has 1 fully saturated rings. The van der Waals surface area contributed by atoms with Crippen LogP contribution >= 0.6 is 23.2 Å². The Balaban J connectivity index is 1.46. The van der Waals surface area contributed by atoms with E-state index in [-0.39, 0.29) is 18.5 Å². The number of rotatable bonds is 5. The normalized spacial score (nSPS) is 16.2. The number of pyridine rings is 1. The van der Waals surface area contributed by atoms with Crippen LogP contribution in [0.5, 0.6) is 5.75 Å². The molecule has 2 aromatic heterocycles. The molecule has 0 aliphatic carbocycles. The van der Waals surface area contributed by atoms with E-state index >= 15 is 0 Å². The van der Waals surface area contributed by atoms with Crippen molar-refractivity contribution in [1.29, 1.82) is 0 Å². The summed E-state index contributed by atoms with van der Waals surface area (Å²) >= 11 is 12.7. The lowest BCUT2D eigenvalue weighted by molar-refractivity contribution is -0.134. The van der Waals surface area contributed by atoms with E-state index < -0.39 is 0 Å². The molecule has 9 heteroatoms. The molecule has 3 aromatic rings. The van der Waals surface area contributed by atoms with Crippen LogP contribution in [0.1, 0.15) is 18.3 Å². The number of hydrogen-bond donors (Lipinski definition) is 0. The Morgan fingerprint density at radius 2 is 1.97 bits per heavy atom. The molecule has 1 aliphatic rings. The van der Waals surface area contributed by atoms with Gasteiger partial charge in [0, 0.05) is 54.9 Å². The molecule has 0 N–H and O–H groups in total. The van der Waals surface area contributed by atoms with Crippen LogP contribution in [0.4, 0.5) is 5.69 Å². The number of benzene rings is 1. The molecule has 0 radical (unpaired) electrons. The summed E-state index contributed by atoms with van der Waals surface area (Å²) in [5, 5.41) is 5.78. The largest absolute Gasteiger partial charge is 0.495 e. The van der Waals surface area contributed by atoms with Crippen molar-refractivity contribution in [3.05, 3.63) is 58.0 Å². The van der Waals surface area contributed by atoms with Gasteiger partial charge in [-0.05, 0) is 45.0 Å². The van der Waals surface area contributed by atoms with Gasteiger partial charge in [0.15, 0.2) is 0 Å². The Kier molecular flexibility index (Phi) is 6.81. The van der Waals surface area contributed by atoms with Crippen molar-refractivity contribution >= 4 is 34.8 Å². The maximum atomic E-state index is 13.2. The van der Waals surface area contributed by atoms with Crippen LogP contribution in [-0.2, 0) is 11.3 Å². The maximum Gasteiger partial charge on any atom is 0.244 e. The number of ether oxygens (including phenoxy) is 1. The van der Waals surface area contributed by atoms with Crippen molar-refractivity contribution in [2.75, 3.05) is 31.6 Å². The fraction of sp³-hybridized carbons (Fsp3) is 0.375. The van der Waals surface area contributed by atoms with E-state index in [4.69, 9.17) is 27.9 Å². The van der Waals surface area contributed by atoms with Gasteiger partial charge in [0.1, 0.15) is 18.0 Å². The SMILES string of the molecule is COc1cc(N2CCN(C(=O)Cn3nc(-c4ccnc(C)c4)c(Cl)c3C)[C@@H](C)C2)ccc1Cl. The van der Waals surface area contributed by atoms with E-state index in [0.29, 0.717) is 28.0 Å². The van der Waals surface area contributed by atoms with E-state index in [0.717, 1.165) is 35.7 Å². The Morgan fingerprint density at radius 1 is 1.18 bits per heavy atom. The van der Waals surface area contributed by atoms with Gasteiger partial charge in [0.25, 0.3) is 0 Å². The van der Waals surface area contributed by atoms with Gasteiger partial charge < -0.3 is 14.5 Å². The van der Waals surface area contributed by atoms with Gasteiger partial charge in [-0.15, -0.1) is 0 Å². The highest BCUT2D eigenvalue weighted by Gasteiger charge is 2.29. The first-order valence-electron chi connectivity index (χ1n) is 10.8. The zero-order valence-electron chi connectivity index (χ0n) is 19.2. The van der Waals surface area contributed by atoms with E-state index in [1.807, 2.05) is 49.1 Å². The van der Waals surface area contributed by atoms with Crippen molar-refractivity contribution in [3.63, 3.8) is 0 Å². The van der Waals surface area contributed by atoms with Crippen LogP contribution in [0.2, 0.25) is 10.0 Å². The highest BCUT2D eigenvalue weighted by molar-refractivity contribution is 6.33. The van der Waals surface area contributed by atoms with Crippen LogP contribution < -0.4 is 9.64 Å². The molecule has 1 aliphatic heterocycles. The molecule has 7 nitrogen and oxygen atoms in total. The Morgan fingerprint density at radius 3 is 2.67 bits per heavy atom. The molecule has 0 bridgehead atoms. The Hall–Kier alpha value is -2.77. The molecule has 1 amide bonds. The number of amides is 1. The van der Waals surface area contributed by atoms with E-state index in [1.54, 1.807) is 18.0 Å². The summed E-state index contributed by atoms with van der Waals surface area (Å²) in [5.74, 6) is 0.669. The molecule has 1 aromatic carbocycles. The minimum Gasteiger partial charge on any atom is -0.495 e. The van der Waals surface area contributed by atoms with Gasteiger partial charge in [0.2, 0.25) is 5.91 Å². The van der Waals surface area contributed by atoms with Crippen LogP contribution in [0, 0.1) is 13.8 Å². The summed E-state index contributed by atoms with van der Waals surface area (Å²) in [6, 6.07) is 9.61. The van der Waals surface area contributed by atoms with Crippen LogP contribution in [0.3, 0.4) is 0 Å². The van der Waals surface area contributed by atoms with Gasteiger partial charge in [-0.1, -0.05) is 23.2 Å². The van der Waals surface area contributed by atoms with Gasteiger partial charge in [-0.2, -0.15) is 5.10 Å². The number of aromatic nitrogens is 3. The van der Waals surface area contributed by atoms with E-state index in [2.05, 4.69) is 21.9 Å². The van der Waals surface area contributed by atoms with Gasteiger partial charge >= 0.3 is 0 Å². The number of methoxy groups -OCH3 is 1. The zero-order chi connectivity index (χ0) is 23.7. The molecule has 0 spiro atoms. The van der Waals surface area contributed by atoms with Gasteiger partial charge in [-0.3, -0.25) is 14.5 Å². The predicted octanol–water partition coefficient (Wildman–Crippen LogP) is 4.61. The second-order valence-electron chi connectivity index (χ2n) is 8.29. The third-order valence-corrected chi connectivity index (χ3v) is 6.80. The summed E-state index contributed by atoms with van der Waals surface area (Å²) < 4.78 is 7.04. The van der Waals surface area contributed by atoms with Crippen molar-refractivity contribution in [2.45, 2.75) is 33.4 Å². The number of carbonyl (C=O) groups excluding carboxylic acids is 1. The number of hydrogen-bond acceptors (Lipinski definition) is 5. The number of halogens is 2. The highest BCUT2D eigenvalue weighted by Crippen LogP contribution is 2.31. The quantitative estimate of drug-likeness (QED) is 0.525. The lowest BCUT2D eigenvalue weighted by atomic mass is 10.1. The van der Waals surface area contributed by atoms with Crippen LogP contribution in [0.15, 0.2) is 36.5 Å². The molecule has 0 unspecified atom stereocenters. The molecular weight excluding hydrogens is 461 g/mol. The molecule has 1 atom stereocenters. The third-order valence-electron chi connectivity index (χ3n) is 6.04. The van der Waals surface area contributed by atoms with E-state index in [1.165, 1.54) is 0 Å². The van der Waals surface area contributed by atoms with Gasteiger partial charge in [-0.25, -0.2) is 0 Å². The number of piperazine rings is 1. The molecule has 33 heavy (non-hydrogen) atoms. The van der Waals surface area contributed by atoms with Crippen molar-refractivity contribution < 1.29 is 9.53 Å². The number of anilines is 1. The third kappa shape index (κ3) is 4.80. The summed E-state index contributed by atoms with van der Waals surface area (Å²) in [7, 11) is 1.61. The Labute approximate surface area is 203 Å². The first kappa shape index (κ1) is 23.4. The zero-order valence-corrected chi connectivity index (χ0v) is 20.7. The van der Waals surface area contributed by atoms with Gasteiger partial charge in [0.05, 0.1) is 22.8 Å². The summed E-state index contributed by atoms with van der Waals surface area (Å²) in [6.07, 6.45) is 1.73. The molecule has 3 heterocycles. The fourth-order valence-electron chi connectivity index (χ4n) is 4.18. The molecule has 1 saturated heterocycles. The summed E-state index contributed by atoms with van der Waals surface area (Å²) in [6.45, 7) is 8.08. The first-order valence-corrected chi connectivity index (χ1v) is 11.6. The number of nitrogens with zero attached hydrogens (tertiary/aromatic N) is 5. The lowest BCUT2D eigenvalue weighted by Gasteiger charge is -2.41. The van der Waals surface area contributed by atoms with Crippen molar-refractivity contribution in [2.24, 2.45) is 0 Å². The molecular formula is C24H27Cl2N5O2. The maximum absolute atomic E-state index is 13.2. The first-order chi connectivity index (χ1) is 15.8. The lowest BCUT2D eigenvalue weighted by Crippen LogP contribution is -2.54. The minimum absolute atomic E-state index is 0.0237. The number of carbonyl (C=O) groups is 1. The highest BCUT2D eigenvalue weighted by atomic mass is 35.5. The second-order valence-corrected chi connectivity index (χ2v) is 9.08. The molecule has 4 rings (SSSR count).